The van der Waals surface area contributed by atoms with Gasteiger partial charge in [0.1, 0.15) is 0 Å². The molecule has 0 aliphatic heterocycles. The molecular weight excluding hydrogens is 551 g/mol. The van der Waals surface area contributed by atoms with Crippen molar-refractivity contribution in [3.05, 3.63) is 81.9 Å². The molecule has 2 aliphatic rings. The third-order valence-electron chi connectivity index (χ3n) is 7.89. The first-order valence-corrected chi connectivity index (χ1v) is 26.1. The third kappa shape index (κ3) is 6.47. The molecule has 0 heterocycles. The van der Waals surface area contributed by atoms with Crippen molar-refractivity contribution >= 4 is 44.3 Å². The Bertz CT molecular complexity index is 892. The average molecular weight is 597 g/mol. The van der Waals surface area contributed by atoms with E-state index in [-0.39, 0.29) is 24.8 Å². The summed E-state index contributed by atoms with van der Waals surface area (Å²) in [6, 6.07) is 18.5. The molecule has 0 saturated heterocycles. The topological polar surface area (TPSA) is 0 Å². The van der Waals surface area contributed by atoms with Crippen LogP contribution >= 0.6 is 24.8 Å². The summed E-state index contributed by atoms with van der Waals surface area (Å²) < 4.78 is 3.02. The van der Waals surface area contributed by atoms with Gasteiger partial charge in [-0.05, 0) is 0 Å². The zero-order valence-corrected chi connectivity index (χ0v) is 28.3. The third-order valence-corrected chi connectivity index (χ3v) is 32.5. The summed E-state index contributed by atoms with van der Waals surface area (Å²) in [7, 11) is 1.40. The van der Waals surface area contributed by atoms with Crippen LogP contribution in [-0.2, 0) is 19.4 Å². The number of unbranched alkanes of at least 4 members (excludes halogenated alkanes) is 3. The number of rotatable bonds is 8. The molecule has 0 saturated carbocycles. The van der Waals surface area contributed by atoms with Crippen molar-refractivity contribution in [2.24, 2.45) is 0 Å². The van der Waals surface area contributed by atoms with Crippen LogP contribution in [0.5, 0.6) is 0 Å². The Morgan fingerprint density at radius 1 is 0.647 bits per heavy atom. The van der Waals surface area contributed by atoms with E-state index in [0.29, 0.717) is 0 Å². The molecule has 188 valence electrons. The predicted octanol–water partition coefficient (Wildman–Crippen LogP) is 9.39. The smallest absolute Gasteiger partial charge is 0.0536 e. The molecule has 2 unspecified atom stereocenters. The van der Waals surface area contributed by atoms with E-state index in [2.05, 4.69) is 95.3 Å². The second-order valence-electron chi connectivity index (χ2n) is 9.84. The van der Waals surface area contributed by atoms with Gasteiger partial charge >= 0.3 is 166 Å². The molecule has 0 nitrogen and oxygen atoms in total. The second-order valence-corrected chi connectivity index (χ2v) is 32.8. The normalized spacial score (nSPS) is 19.3. The van der Waals surface area contributed by atoms with Crippen LogP contribution in [0.2, 0.25) is 4.13 Å². The number of halogens is 2. The van der Waals surface area contributed by atoms with Crippen LogP contribution in [0.3, 0.4) is 0 Å². The summed E-state index contributed by atoms with van der Waals surface area (Å²) in [6.45, 7) is 11.7. The number of benzene rings is 2. The van der Waals surface area contributed by atoms with Gasteiger partial charge in [-0.2, -0.15) is 0 Å². The molecule has 4 rings (SSSR count). The fraction of sp³-hybridized carbons (Fsp3) is 0.467. The first-order valence-electron chi connectivity index (χ1n) is 13.1. The maximum atomic E-state index is 2.54. The molecule has 0 radical (unpaired) electrons. The van der Waals surface area contributed by atoms with Gasteiger partial charge in [0.15, 0.2) is 0 Å². The summed E-state index contributed by atoms with van der Waals surface area (Å²) >= 11 is -2.48. The Balaban J connectivity index is 0.000000647. The number of fused-ring (bicyclic) bond motifs is 2. The van der Waals surface area contributed by atoms with Crippen LogP contribution in [0.25, 0.3) is 12.2 Å². The zero-order valence-electron chi connectivity index (χ0n) is 22.2. The van der Waals surface area contributed by atoms with Crippen molar-refractivity contribution in [3.8, 4) is 0 Å². The molecule has 2 aromatic rings. The average Bonchev–Trinajstić information content (AvgIpc) is 3.41. The predicted molar refractivity (Wildman–Crippen MR) is 160 cm³/mol. The van der Waals surface area contributed by atoms with Gasteiger partial charge in [0.25, 0.3) is 0 Å². The van der Waals surface area contributed by atoms with Gasteiger partial charge in [-0.25, -0.2) is 0 Å². The van der Waals surface area contributed by atoms with E-state index in [9.17, 15) is 0 Å². The van der Waals surface area contributed by atoms with Gasteiger partial charge in [-0.3, -0.25) is 0 Å². The van der Waals surface area contributed by atoms with Crippen LogP contribution in [0.4, 0.5) is 0 Å². The fourth-order valence-electron chi connectivity index (χ4n) is 6.02. The van der Waals surface area contributed by atoms with Gasteiger partial charge in [-0.1, -0.05) is 39.5 Å². The Morgan fingerprint density at radius 2 is 1.03 bits per heavy atom. The first-order chi connectivity index (χ1) is 15.5. The fourth-order valence-corrected chi connectivity index (χ4v) is 27.3. The van der Waals surface area contributed by atoms with Gasteiger partial charge in [0.05, 0.1) is 0 Å². The zero-order chi connectivity index (χ0) is 23.1. The summed E-state index contributed by atoms with van der Waals surface area (Å²) in [5.41, 5.74) is 9.81. The summed E-state index contributed by atoms with van der Waals surface area (Å²) in [4.78, 5) is 0. The van der Waals surface area contributed by atoms with Crippen molar-refractivity contribution in [3.63, 3.8) is 0 Å². The van der Waals surface area contributed by atoms with Crippen molar-refractivity contribution in [2.45, 2.75) is 84.5 Å². The van der Waals surface area contributed by atoms with Gasteiger partial charge in [0.2, 0.25) is 0 Å². The van der Waals surface area contributed by atoms with E-state index < -0.39 is 19.4 Å². The molecule has 2 aliphatic carbocycles. The van der Waals surface area contributed by atoms with Crippen LogP contribution < -0.4 is 0 Å². The Kier molecular flexibility index (Phi) is 13.9. The molecule has 0 aromatic heterocycles. The molecular formula is C30H46Cl2SiZr. The molecule has 2 aromatic carbocycles. The van der Waals surface area contributed by atoms with E-state index in [1.807, 2.05) is 0 Å². The maximum absolute atomic E-state index is 2.54. The van der Waals surface area contributed by atoms with Crippen LogP contribution in [0.1, 0.15) is 103 Å². The molecule has 2 atom stereocenters. The molecule has 0 spiro atoms. The molecule has 0 N–H and O–H groups in total. The molecule has 0 fully saturated rings. The second kappa shape index (κ2) is 15.0. The molecule has 0 bridgehead atoms. The Labute approximate surface area is 228 Å². The van der Waals surface area contributed by atoms with Crippen LogP contribution in [0, 0.1) is 0 Å². The molecule has 4 heteroatoms. The summed E-state index contributed by atoms with van der Waals surface area (Å²) in [6.07, 6.45) is 13.0. The quantitative estimate of drug-likeness (QED) is 0.210. The number of hydrogen-bond donors (Lipinski definition) is 0. The Hall–Kier alpha value is -0.400. The largest absolute Gasteiger partial charge is 0.147 e. The standard InChI is InChI=1S/2C11H11.C6H14.C2H5.2ClH.H3Si.Zr/c2*1-2-9-7-10-5-3-4-6-11(10)8-9;1-3-5-6-4-2;1-2;;;;/h2*3-8H,2H2,1H3;3-6H2,1-2H3;1H2,2H3;2*1H;1H3;. The minimum absolute atomic E-state index is 0. The van der Waals surface area contributed by atoms with E-state index in [1.165, 1.54) is 61.1 Å². The van der Waals surface area contributed by atoms with Crippen molar-refractivity contribution in [2.75, 3.05) is 0 Å². The first kappa shape index (κ1) is 31.6. The molecule has 34 heavy (non-hydrogen) atoms. The van der Waals surface area contributed by atoms with Crippen LogP contribution in [-0.4, -0.2) is 7.37 Å². The minimum Gasteiger partial charge on any atom is -0.147 e. The monoisotopic (exact) mass is 594 g/mol. The van der Waals surface area contributed by atoms with E-state index in [0.717, 1.165) is 7.25 Å². The van der Waals surface area contributed by atoms with Gasteiger partial charge in [-0.15, -0.1) is 24.8 Å². The summed E-state index contributed by atoms with van der Waals surface area (Å²) in [5.74, 6) is 0. The number of hydrogen-bond acceptors (Lipinski definition) is 0. The van der Waals surface area contributed by atoms with Crippen molar-refractivity contribution in [1.29, 1.82) is 0 Å². The summed E-state index contributed by atoms with van der Waals surface area (Å²) in [5, 5.41) is 0. The van der Waals surface area contributed by atoms with E-state index in [1.54, 1.807) is 22.3 Å². The number of allylic oxidation sites excluding steroid dienone is 2. The van der Waals surface area contributed by atoms with Crippen LogP contribution in [0.15, 0.2) is 59.7 Å². The van der Waals surface area contributed by atoms with Gasteiger partial charge < -0.3 is 0 Å². The van der Waals surface area contributed by atoms with Crippen molar-refractivity contribution < 1.29 is 19.4 Å². The maximum Gasteiger partial charge on any atom is -0.0536 e. The Morgan fingerprint density at radius 3 is 1.35 bits per heavy atom. The minimum atomic E-state index is -2.48. The van der Waals surface area contributed by atoms with Gasteiger partial charge in [0, 0.05) is 0 Å². The van der Waals surface area contributed by atoms with E-state index in [4.69, 9.17) is 0 Å². The SMILES string of the molecule is CCC1=Cc2ccccc2[CH]1[Zr]([SiH3])([CH2]C)[CH]1C(CC)=Cc2ccccc21.CCCCCC.Cl.Cl. The molecule has 0 amide bonds. The van der Waals surface area contributed by atoms with E-state index >= 15 is 0 Å². The van der Waals surface area contributed by atoms with Crippen molar-refractivity contribution in [1.82, 2.24) is 0 Å².